The second-order valence-corrected chi connectivity index (χ2v) is 6.54. The molecular formula is C21H19N3O4. The second kappa shape index (κ2) is 6.84. The van der Waals surface area contributed by atoms with Crippen molar-refractivity contribution in [2.24, 2.45) is 12.1 Å². The molecule has 4 rings (SSSR count). The molecule has 1 atom stereocenters. The normalized spacial score (nSPS) is 16.0. The van der Waals surface area contributed by atoms with Crippen molar-refractivity contribution in [3.63, 3.8) is 0 Å². The van der Waals surface area contributed by atoms with Gasteiger partial charge >= 0.3 is 5.97 Å². The predicted molar refractivity (Wildman–Crippen MR) is 104 cm³/mol. The maximum absolute atomic E-state index is 12.2. The quantitative estimate of drug-likeness (QED) is 0.518. The van der Waals surface area contributed by atoms with E-state index in [0.717, 1.165) is 16.5 Å². The van der Waals surface area contributed by atoms with Crippen LogP contribution >= 0.6 is 0 Å². The Hall–Kier alpha value is -3.61. The first-order valence-electron chi connectivity index (χ1n) is 8.82. The number of esters is 1. The average molecular weight is 377 g/mol. The summed E-state index contributed by atoms with van der Waals surface area (Å²) in [5, 5.41) is 6.66. The van der Waals surface area contributed by atoms with Gasteiger partial charge in [0.05, 0.1) is 11.1 Å². The molecule has 1 aliphatic rings. The number of nitrogens with zero attached hydrogens (tertiary/aromatic N) is 3. The first kappa shape index (κ1) is 17.8. The number of benzene rings is 2. The number of rotatable bonds is 3. The van der Waals surface area contributed by atoms with E-state index in [9.17, 15) is 9.59 Å². The fourth-order valence-electron chi connectivity index (χ4n) is 3.32. The number of carbonyl (C=O) groups is 2. The van der Waals surface area contributed by atoms with Crippen molar-refractivity contribution in [1.29, 1.82) is 0 Å². The lowest BCUT2D eigenvalue weighted by molar-refractivity contribution is -0.135. The molecule has 0 fully saturated rings. The number of aromatic nitrogens is 1. The van der Waals surface area contributed by atoms with Crippen molar-refractivity contribution in [2.75, 3.05) is 0 Å². The van der Waals surface area contributed by atoms with Crippen molar-refractivity contribution < 1.29 is 19.1 Å². The fourth-order valence-corrected chi connectivity index (χ4v) is 3.32. The first-order valence-corrected chi connectivity index (χ1v) is 8.82. The SMILES string of the molecule is CC(=O)Oc1ccccc1[C@H]1OC(c2cn(C)c3ccccc23)=NN1C(C)=O. The van der Waals surface area contributed by atoms with Gasteiger partial charge in [0.1, 0.15) is 5.75 Å². The van der Waals surface area contributed by atoms with Gasteiger partial charge in [-0.1, -0.05) is 30.3 Å². The van der Waals surface area contributed by atoms with Crippen molar-refractivity contribution >= 4 is 28.7 Å². The highest BCUT2D eigenvalue weighted by molar-refractivity contribution is 6.07. The van der Waals surface area contributed by atoms with Crippen molar-refractivity contribution in [3.05, 3.63) is 65.9 Å². The number of fused-ring (bicyclic) bond motifs is 1. The molecule has 1 amide bonds. The predicted octanol–water partition coefficient (Wildman–Crippen LogP) is 3.34. The molecule has 0 spiro atoms. The molecule has 0 bridgehead atoms. The van der Waals surface area contributed by atoms with Crippen LogP contribution in [-0.4, -0.2) is 27.4 Å². The third-order valence-corrected chi connectivity index (χ3v) is 4.53. The number of amides is 1. The molecule has 2 heterocycles. The standard InChI is InChI=1S/C21H19N3O4/c1-13(25)24-21(16-9-5-7-11-19(16)27-14(2)26)28-20(22-24)17-12-23(3)18-10-6-4-8-15(17)18/h4-12,21H,1-3H3/t21-/m1/s1. The summed E-state index contributed by atoms with van der Waals surface area (Å²) in [5.41, 5.74) is 2.37. The Labute approximate surface area is 161 Å². The molecule has 2 aromatic carbocycles. The van der Waals surface area contributed by atoms with Crippen LogP contribution in [-0.2, 0) is 21.4 Å². The van der Waals surface area contributed by atoms with Crippen molar-refractivity contribution in [3.8, 4) is 5.75 Å². The van der Waals surface area contributed by atoms with E-state index in [1.807, 2.05) is 42.1 Å². The van der Waals surface area contributed by atoms with E-state index in [1.54, 1.807) is 24.3 Å². The van der Waals surface area contributed by atoms with Gasteiger partial charge in [0, 0.05) is 38.0 Å². The highest BCUT2D eigenvalue weighted by atomic mass is 16.5. The average Bonchev–Trinajstić information content (AvgIpc) is 3.24. The van der Waals surface area contributed by atoms with Gasteiger partial charge in [-0.3, -0.25) is 9.59 Å². The minimum absolute atomic E-state index is 0.280. The van der Waals surface area contributed by atoms with Crippen LogP contribution in [0.25, 0.3) is 10.9 Å². The van der Waals surface area contributed by atoms with Crippen LogP contribution in [0.3, 0.4) is 0 Å². The summed E-state index contributed by atoms with van der Waals surface area (Å²) in [4.78, 5) is 23.7. The molecule has 0 N–H and O–H groups in total. The van der Waals surface area contributed by atoms with Crippen LogP contribution in [0.1, 0.15) is 31.2 Å². The second-order valence-electron chi connectivity index (χ2n) is 6.54. The third-order valence-electron chi connectivity index (χ3n) is 4.53. The minimum atomic E-state index is -0.818. The molecule has 1 aliphatic heterocycles. The number of aryl methyl sites for hydroxylation is 1. The van der Waals surface area contributed by atoms with Crippen LogP contribution in [0, 0.1) is 0 Å². The molecule has 0 saturated carbocycles. The lowest BCUT2D eigenvalue weighted by Gasteiger charge is -2.21. The van der Waals surface area contributed by atoms with E-state index in [1.165, 1.54) is 18.9 Å². The molecule has 3 aromatic rings. The molecule has 1 aromatic heterocycles. The van der Waals surface area contributed by atoms with Gasteiger partial charge in [0.2, 0.25) is 18.0 Å². The van der Waals surface area contributed by atoms with Crippen LogP contribution in [0.4, 0.5) is 0 Å². The zero-order chi connectivity index (χ0) is 19.8. The zero-order valence-corrected chi connectivity index (χ0v) is 15.7. The smallest absolute Gasteiger partial charge is 0.308 e. The first-order chi connectivity index (χ1) is 13.5. The Morgan fingerprint density at radius 1 is 1.07 bits per heavy atom. The Balaban J connectivity index is 1.77. The molecule has 142 valence electrons. The monoisotopic (exact) mass is 377 g/mol. The topological polar surface area (TPSA) is 73.1 Å². The van der Waals surface area contributed by atoms with E-state index < -0.39 is 12.2 Å². The molecule has 0 radical (unpaired) electrons. The highest BCUT2D eigenvalue weighted by Gasteiger charge is 2.36. The molecule has 0 saturated heterocycles. The lowest BCUT2D eigenvalue weighted by Crippen LogP contribution is -2.26. The van der Waals surface area contributed by atoms with Crippen molar-refractivity contribution in [2.45, 2.75) is 20.1 Å². The van der Waals surface area contributed by atoms with E-state index in [-0.39, 0.29) is 5.91 Å². The fraction of sp³-hybridized carbons (Fsp3) is 0.190. The van der Waals surface area contributed by atoms with Gasteiger partial charge in [-0.05, 0) is 18.2 Å². The number of ether oxygens (including phenoxy) is 2. The van der Waals surface area contributed by atoms with Crippen LogP contribution in [0.15, 0.2) is 59.8 Å². The maximum atomic E-state index is 12.2. The summed E-state index contributed by atoms with van der Waals surface area (Å²) in [6.45, 7) is 2.74. The summed E-state index contributed by atoms with van der Waals surface area (Å²) in [6.07, 6.45) is 1.10. The summed E-state index contributed by atoms with van der Waals surface area (Å²) in [5.74, 6) is -0.0527. The van der Waals surface area contributed by atoms with E-state index >= 15 is 0 Å². The van der Waals surface area contributed by atoms with E-state index in [2.05, 4.69) is 5.10 Å². The summed E-state index contributed by atoms with van der Waals surface area (Å²) >= 11 is 0. The van der Waals surface area contributed by atoms with Gasteiger partial charge in [-0.2, -0.15) is 5.01 Å². The van der Waals surface area contributed by atoms with Gasteiger partial charge in [-0.15, -0.1) is 5.10 Å². The molecule has 0 aliphatic carbocycles. The van der Waals surface area contributed by atoms with Gasteiger partial charge < -0.3 is 14.0 Å². The van der Waals surface area contributed by atoms with Crippen LogP contribution in [0.2, 0.25) is 0 Å². The van der Waals surface area contributed by atoms with Crippen LogP contribution < -0.4 is 4.74 Å². The molecule has 28 heavy (non-hydrogen) atoms. The number of carbonyl (C=O) groups excluding carboxylic acids is 2. The molecule has 7 heteroatoms. The Morgan fingerprint density at radius 2 is 1.79 bits per heavy atom. The Morgan fingerprint density at radius 3 is 2.54 bits per heavy atom. The Bertz CT molecular complexity index is 1120. The molecular weight excluding hydrogens is 358 g/mol. The van der Waals surface area contributed by atoms with E-state index in [0.29, 0.717) is 17.2 Å². The number of hydrazone groups is 1. The zero-order valence-electron chi connectivity index (χ0n) is 15.7. The number of hydrogen-bond donors (Lipinski definition) is 0. The third kappa shape index (κ3) is 3.00. The number of para-hydroxylation sites is 2. The van der Waals surface area contributed by atoms with E-state index in [4.69, 9.17) is 9.47 Å². The summed E-state index contributed by atoms with van der Waals surface area (Å²) in [7, 11) is 1.94. The molecule has 0 unspecified atom stereocenters. The lowest BCUT2D eigenvalue weighted by atomic mass is 10.1. The molecule has 7 nitrogen and oxygen atoms in total. The summed E-state index contributed by atoms with van der Waals surface area (Å²) < 4.78 is 13.4. The van der Waals surface area contributed by atoms with Crippen molar-refractivity contribution in [1.82, 2.24) is 9.58 Å². The largest absolute Gasteiger partial charge is 0.445 e. The highest BCUT2D eigenvalue weighted by Crippen LogP contribution is 2.36. The van der Waals surface area contributed by atoms with Gasteiger partial charge in [-0.25, -0.2) is 0 Å². The van der Waals surface area contributed by atoms with Gasteiger partial charge in [0.25, 0.3) is 0 Å². The van der Waals surface area contributed by atoms with Crippen LogP contribution in [0.5, 0.6) is 5.75 Å². The van der Waals surface area contributed by atoms with Gasteiger partial charge in [0.15, 0.2) is 0 Å². The summed E-state index contributed by atoms with van der Waals surface area (Å²) in [6, 6.07) is 14.8. The number of hydrogen-bond acceptors (Lipinski definition) is 5. The maximum Gasteiger partial charge on any atom is 0.308 e. The Kier molecular flexibility index (Phi) is 4.35. The minimum Gasteiger partial charge on any atom is -0.445 e.